The van der Waals surface area contributed by atoms with Gasteiger partial charge >= 0.3 is 5.97 Å². The molecule has 0 radical (unpaired) electrons. The van der Waals surface area contributed by atoms with Crippen molar-refractivity contribution in [3.63, 3.8) is 0 Å². The number of benzene rings is 2. The number of nitrogens with zero attached hydrogens (tertiary/aromatic N) is 4. The van der Waals surface area contributed by atoms with Crippen molar-refractivity contribution in [1.29, 1.82) is 0 Å². The normalized spacial score (nSPS) is 20.0. The van der Waals surface area contributed by atoms with Crippen LogP contribution in [-0.2, 0) is 15.8 Å². The number of carbonyl (C=O) groups is 1. The zero-order valence-electron chi connectivity index (χ0n) is 20.9. The third-order valence-corrected chi connectivity index (χ3v) is 8.40. The van der Waals surface area contributed by atoms with Crippen molar-refractivity contribution in [2.45, 2.75) is 31.2 Å². The highest BCUT2D eigenvalue weighted by molar-refractivity contribution is 7.87. The number of aromatic nitrogens is 4. The molecule has 1 saturated carbocycles. The van der Waals surface area contributed by atoms with E-state index < -0.39 is 22.5 Å². The summed E-state index contributed by atoms with van der Waals surface area (Å²) in [4.78, 5) is 13.2. The van der Waals surface area contributed by atoms with Crippen LogP contribution in [0.3, 0.4) is 0 Å². The van der Waals surface area contributed by atoms with Crippen LogP contribution in [-0.4, -0.2) is 58.8 Å². The van der Waals surface area contributed by atoms with Gasteiger partial charge in [0, 0.05) is 24.0 Å². The molecule has 0 bridgehead atoms. The second-order valence-corrected chi connectivity index (χ2v) is 10.7. The van der Waals surface area contributed by atoms with E-state index in [-0.39, 0.29) is 12.5 Å². The zero-order chi connectivity index (χ0) is 27.1. The molecule has 1 heterocycles. The fraction of sp³-hybridized carbons (Fsp3) is 0.259. The molecule has 9 nitrogen and oxygen atoms in total. The minimum absolute atomic E-state index is 0.274. The van der Waals surface area contributed by atoms with Gasteiger partial charge in [-0.3, -0.25) is 4.79 Å². The third-order valence-electron chi connectivity index (χ3n) is 6.47. The number of aromatic amines is 1. The molecular formula is C27H29ClN6O3S. The second kappa shape index (κ2) is 12.3. The van der Waals surface area contributed by atoms with Crippen LogP contribution >= 0.6 is 11.6 Å². The summed E-state index contributed by atoms with van der Waals surface area (Å²) >= 11 is 5.99. The second-order valence-electron chi connectivity index (χ2n) is 8.82. The number of tetrazole rings is 1. The minimum Gasteiger partial charge on any atom is -0.480 e. The topological polar surface area (TPSA) is 124 Å². The number of hydrogen-bond acceptors (Lipinski definition) is 6. The molecule has 0 aliphatic heterocycles. The Bertz CT molecular complexity index is 1340. The monoisotopic (exact) mass is 552 g/mol. The van der Waals surface area contributed by atoms with E-state index >= 15 is 0 Å². The first kappa shape index (κ1) is 27.4. The lowest BCUT2D eigenvalue weighted by Gasteiger charge is -2.29. The summed E-state index contributed by atoms with van der Waals surface area (Å²) in [5.74, 6) is -0.922. The number of carboxylic acid groups (broad SMARTS) is 1. The molecule has 0 saturated heterocycles. The van der Waals surface area contributed by atoms with Crippen molar-refractivity contribution in [2.24, 2.45) is 0 Å². The first-order valence-electron chi connectivity index (χ1n) is 12.1. The van der Waals surface area contributed by atoms with E-state index in [0.717, 1.165) is 16.7 Å². The number of hydrogen-bond donors (Lipinski definition) is 3. The van der Waals surface area contributed by atoms with Gasteiger partial charge in [-0.25, -0.2) is 8.51 Å². The van der Waals surface area contributed by atoms with Gasteiger partial charge in [0.25, 0.3) is 5.95 Å². The van der Waals surface area contributed by atoms with Crippen molar-refractivity contribution in [3.8, 4) is 0 Å². The Labute approximate surface area is 228 Å². The van der Waals surface area contributed by atoms with Crippen LogP contribution in [0.25, 0.3) is 5.57 Å². The molecule has 0 amide bonds. The number of H-pyrrole nitrogens is 1. The third kappa shape index (κ3) is 6.09. The van der Waals surface area contributed by atoms with E-state index in [1.807, 2.05) is 42.5 Å². The van der Waals surface area contributed by atoms with Gasteiger partial charge in [-0.15, -0.1) is 5.10 Å². The fourth-order valence-electron chi connectivity index (χ4n) is 4.37. The predicted molar refractivity (Wildman–Crippen MR) is 150 cm³/mol. The molecule has 1 aromatic heterocycles. The summed E-state index contributed by atoms with van der Waals surface area (Å²) in [6, 6.07) is 16.8. The molecule has 3 atom stereocenters. The van der Waals surface area contributed by atoms with Crippen molar-refractivity contribution in [1.82, 2.24) is 24.9 Å². The molecule has 1 aliphatic carbocycles. The Morgan fingerprint density at radius 2 is 2.00 bits per heavy atom. The molecule has 11 heteroatoms. The van der Waals surface area contributed by atoms with Gasteiger partial charge in [-0.2, -0.15) is 5.21 Å². The number of carboxylic acids is 1. The molecule has 2 aromatic carbocycles. The summed E-state index contributed by atoms with van der Waals surface area (Å²) in [5, 5.41) is 27.7. The maximum absolute atomic E-state index is 14.0. The molecule has 4 rings (SSSR count). The Morgan fingerprint density at radius 1 is 1.26 bits per heavy atom. The average molecular weight is 553 g/mol. The number of rotatable bonds is 13. The Morgan fingerprint density at radius 3 is 2.63 bits per heavy atom. The van der Waals surface area contributed by atoms with Gasteiger partial charge in [0.1, 0.15) is 16.5 Å². The van der Waals surface area contributed by atoms with Crippen molar-refractivity contribution >= 4 is 40.1 Å². The van der Waals surface area contributed by atoms with E-state index in [0.29, 0.717) is 35.3 Å². The van der Waals surface area contributed by atoms with Crippen LogP contribution in [0.1, 0.15) is 36.8 Å². The van der Waals surface area contributed by atoms with Gasteiger partial charge in [-0.05, 0) is 59.9 Å². The first-order chi connectivity index (χ1) is 18.4. The predicted octanol–water partition coefficient (Wildman–Crippen LogP) is 4.81. The summed E-state index contributed by atoms with van der Waals surface area (Å²) in [7, 11) is -1.75. The molecular weight excluding hydrogens is 524 g/mol. The maximum atomic E-state index is 14.0. The highest BCUT2D eigenvalue weighted by atomic mass is 35.5. The quantitative estimate of drug-likeness (QED) is 0.205. The Kier molecular flexibility index (Phi) is 8.88. The highest BCUT2D eigenvalue weighted by Crippen LogP contribution is 2.56. The standard InChI is InChI=1S/C27H29ClN6O3S/c1-3-23(15-10-19(2)20-11-13-22(28)14-12-20)38(37)34(17-7-16-29-26-30-32-33-31-26)27(25(35)36)18-24(27)21-8-5-4-6-9-21/h3-6,8-15,24H,2,7,16-18H2,1H3,(H,35,36)(H2,29,30,31,32,33)/b15-10-,23-3+. The molecule has 3 N–H and O–H groups in total. The molecule has 3 aromatic rings. The molecule has 1 fully saturated rings. The largest absolute Gasteiger partial charge is 0.480 e. The van der Waals surface area contributed by atoms with Crippen LogP contribution in [0.2, 0.25) is 5.02 Å². The molecule has 1 aliphatic rings. The van der Waals surface area contributed by atoms with Gasteiger partial charge < -0.3 is 10.4 Å². The smallest absolute Gasteiger partial charge is 0.325 e. The van der Waals surface area contributed by atoms with Crippen molar-refractivity contribution < 1.29 is 14.1 Å². The van der Waals surface area contributed by atoms with Gasteiger partial charge in [0.15, 0.2) is 0 Å². The average Bonchev–Trinajstić information content (AvgIpc) is 3.47. The van der Waals surface area contributed by atoms with Gasteiger partial charge in [0.2, 0.25) is 0 Å². The molecule has 38 heavy (non-hydrogen) atoms. The molecule has 198 valence electrons. The SMILES string of the molecule is C=C(/C=C\C(=C/C)S(=O)N(CCCNc1nn[nH]n1)C1(C(=O)O)CC1c1ccccc1)c1ccc(Cl)cc1. The van der Waals surface area contributed by atoms with E-state index in [1.54, 1.807) is 41.6 Å². The molecule has 0 spiro atoms. The maximum Gasteiger partial charge on any atom is 0.325 e. The number of allylic oxidation sites excluding steroid dienone is 4. The van der Waals surface area contributed by atoms with E-state index in [1.165, 1.54) is 0 Å². The summed E-state index contributed by atoms with van der Waals surface area (Å²) in [5.41, 5.74) is 1.23. The summed E-state index contributed by atoms with van der Waals surface area (Å²) in [6.07, 6.45) is 6.12. The van der Waals surface area contributed by atoms with Crippen LogP contribution in [0.5, 0.6) is 0 Å². The van der Waals surface area contributed by atoms with Crippen LogP contribution in [0.4, 0.5) is 5.95 Å². The van der Waals surface area contributed by atoms with Crippen molar-refractivity contribution in [3.05, 3.63) is 100 Å². The highest BCUT2D eigenvalue weighted by Gasteiger charge is 2.66. The van der Waals surface area contributed by atoms with E-state index in [2.05, 4.69) is 32.5 Å². The van der Waals surface area contributed by atoms with Crippen LogP contribution in [0.15, 0.2) is 84.3 Å². The lowest BCUT2D eigenvalue weighted by Crippen LogP contribution is -2.47. The van der Waals surface area contributed by atoms with Crippen molar-refractivity contribution in [2.75, 3.05) is 18.4 Å². The number of anilines is 1. The summed E-state index contributed by atoms with van der Waals surface area (Å²) < 4.78 is 15.6. The first-order valence-corrected chi connectivity index (χ1v) is 13.6. The van der Waals surface area contributed by atoms with E-state index in [9.17, 15) is 14.1 Å². The molecule has 3 unspecified atom stereocenters. The van der Waals surface area contributed by atoms with Gasteiger partial charge in [-0.1, -0.05) is 77.9 Å². The van der Waals surface area contributed by atoms with E-state index in [4.69, 9.17) is 11.6 Å². The van der Waals surface area contributed by atoms with Crippen LogP contribution < -0.4 is 5.32 Å². The lowest BCUT2D eigenvalue weighted by molar-refractivity contribution is -0.143. The fourth-order valence-corrected chi connectivity index (χ4v) is 6.00. The number of halogens is 1. The minimum atomic E-state index is -1.75. The lowest BCUT2D eigenvalue weighted by atomic mass is 10.1. The zero-order valence-corrected chi connectivity index (χ0v) is 22.5. The Balaban J connectivity index is 1.56. The van der Waals surface area contributed by atoms with Gasteiger partial charge in [0.05, 0.1) is 4.91 Å². The van der Waals surface area contributed by atoms with Crippen LogP contribution in [0, 0.1) is 0 Å². The Hall–Kier alpha value is -3.60. The number of aliphatic carboxylic acids is 1. The summed E-state index contributed by atoms with van der Waals surface area (Å²) in [6.45, 7) is 6.61. The number of nitrogens with one attached hydrogen (secondary N) is 2.